The van der Waals surface area contributed by atoms with E-state index in [0.717, 1.165) is 26.2 Å². The van der Waals surface area contributed by atoms with Crippen molar-refractivity contribution in [3.8, 4) is 0 Å². The van der Waals surface area contributed by atoms with Crippen LogP contribution in [0.1, 0.15) is 52.8 Å². The fourth-order valence-electron chi connectivity index (χ4n) is 2.44. The minimum absolute atomic E-state index is 0.511. The van der Waals surface area contributed by atoms with E-state index in [2.05, 4.69) is 68.9 Å². The fourth-order valence-corrected chi connectivity index (χ4v) is 2.44. The van der Waals surface area contributed by atoms with Gasteiger partial charge in [0.25, 0.3) is 0 Å². The van der Waals surface area contributed by atoms with Crippen molar-refractivity contribution in [2.45, 2.75) is 60.7 Å². The maximum Gasteiger partial charge on any atom is 0.0544 e. The number of aromatic nitrogens is 1. The van der Waals surface area contributed by atoms with Crippen molar-refractivity contribution in [1.82, 2.24) is 15.2 Å². The van der Waals surface area contributed by atoms with Crippen LogP contribution >= 0.6 is 0 Å². The van der Waals surface area contributed by atoms with Crippen molar-refractivity contribution >= 4 is 0 Å². The van der Waals surface area contributed by atoms with Crippen molar-refractivity contribution in [3.05, 3.63) is 29.6 Å². The molecule has 3 nitrogen and oxygen atoms in total. The van der Waals surface area contributed by atoms with Crippen LogP contribution in [-0.2, 0) is 13.1 Å². The van der Waals surface area contributed by atoms with Gasteiger partial charge in [-0.15, -0.1) is 0 Å². The van der Waals surface area contributed by atoms with Crippen molar-refractivity contribution in [2.24, 2.45) is 11.8 Å². The standard InChI is InChI=1S/C18H33N3/c1-14(2)11-21(12-15(3)4)13-18-8-7-17(10-20-18)9-19-16(5)6/h7-8,10,14-16,19H,9,11-13H2,1-6H3. The molecule has 21 heavy (non-hydrogen) atoms. The molecule has 0 radical (unpaired) electrons. The van der Waals surface area contributed by atoms with E-state index < -0.39 is 0 Å². The van der Waals surface area contributed by atoms with Crippen LogP contribution < -0.4 is 5.32 Å². The van der Waals surface area contributed by atoms with Gasteiger partial charge in [0.1, 0.15) is 0 Å². The molecule has 1 aromatic heterocycles. The third-order valence-electron chi connectivity index (χ3n) is 3.23. The van der Waals surface area contributed by atoms with Gasteiger partial charge < -0.3 is 5.32 Å². The van der Waals surface area contributed by atoms with Crippen LogP contribution in [-0.4, -0.2) is 29.0 Å². The molecule has 0 saturated heterocycles. The van der Waals surface area contributed by atoms with Crippen LogP contribution in [0.3, 0.4) is 0 Å². The average Bonchev–Trinajstić information content (AvgIpc) is 2.36. The summed E-state index contributed by atoms with van der Waals surface area (Å²) in [5.41, 5.74) is 2.43. The van der Waals surface area contributed by atoms with Gasteiger partial charge in [0.2, 0.25) is 0 Å². The molecule has 120 valence electrons. The second-order valence-electron chi connectivity index (χ2n) is 7.18. The summed E-state index contributed by atoms with van der Waals surface area (Å²) in [5, 5.41) is 3.42. The topological polar surface area (TPSA) is 28.2 Å². The SMILES string of the molecule is CC(C)CN(Cc1ccc(CNC(C)C)cn1)CC(C)C. The molecule has 0 aliphatic heterocycles. The van der Waals surface area contributed by atoms with E-state index in [0.29, 0.717) is 17.9 Å². The molecule has 1 aromatic rings. The molecule has 0 fully saturated rings. The minimum Gasteiger partial charge on any atom is -0.310 e. The Labute approximate surface area is 131 Å². The summed E-state index contributed by atoms with van der Waals surface area (Å²) in [7, 11) is 0. The van der Waals surface area contributed by atoms with Gasteiger partial charge >= 0.3 is 0 Å². The summed E-state index contributed by atoms with van der Waals surface area (Å²) < 4.78 is 0. The lowest BCUT2D eigenvalue weighted by Crippen LogP contribution is -2.31. The van der Waals surface area contributed by atoms with E-state index in [1.54, 1.807) is 0 Å². The number of hydrogen-bond donors (Lipinski definition) is 1. The summed E-state index contributed by atoms with van der Waals surface area (Å²) in [6.07, 6.45) is 2.01. The highest BCUT2D eigenvalue weighted by atomic mass is 15.1. The number of hydrogen-bond acceptors (Lipinski definition) is 3. The molecule has 0 atom stereocenters. The summed E-state index contributed by atoms with van der Waals surface area (Å²) in [4.78, 5) is 7.15. The zero-order chi connectivity index (χ0) is 15.8. The smallest absolute Gasteiger partial charge is 0.0544 e. The maximum atomic E-state index is 4.63. The number of pyridine rings is 1. The van der Waals surface area contributed by atoms with Crippen LogP contribution in [0.25, 0.3) is 0 Å². The van der Waals surface area contributed by atoms with Crippen molar-refractivity contribution in [2.75, 3.05) is 13.1 Å². The summed E-state index contributed by atoms with van der Waals surface area (Å²) in [5.74, 6) is 1.39. The molecule has 0 unspecified atom stereocenters. The minimum atomic E-state index is 0.511. The molecule has 0 spiro atoms. The average molecular weight is 291 g/mol. The molecular weight excluding hydrogens is 258 g/mol. The summed E-state index contributed by atoms with van der Waals surface area (Å²) >= 11 is 0. The fraction of sp³-hybridized carbons (Fsp3) is 0.722. The number of rotatable bonds is 9. The zero-order valence-corrected chi connectivity index (χ0v) is 14.7. The van der Waals surface area contributed by atoms with Gasteiger partial charge in [0, 0.05) is 38.4 Å². The van der Waals surface area contributed by atoms with Crippen LogP contribution in [0.5, 0.6) is 0 Å². The quantitative estimate of drug-likeness (QED) is 0.752. The molecule has 0 aromatic carbocycles. The molecule has 0 aliphatic rings. The first kappa shape index (κ1) is 18.1. The van der Waals surface area contributed by atoms with Crippen LogP contribution in [0.2, 0.25) is 0 Å². The maximum absolute atomic E-state index is 4.63. The van der Waals surface area contributed by atoms with Gasteiger partial charge in [-0.1, -0.05) is 47.6 Å². The summed E-state index contributed by atoms with van der Waals surface area (Å²) in [6, 6.07) is 4.88. The first-order valence-electron chi connectivity index (χ1n) is 8.26. The normalized spacial score (nSPS) is 12.1. The monoisotopic (exact) mass is 291 g/mol. The predicted octanol–water partition coefficient (Wildman–Crippen LogP) is 3.69. The van der Waals surface area contributed by atoms with Gasteiger partial charge in [0.15, 0.2) is 0 Å². The van der Waals surface area contributed by atoms with Gasteiger partial charge in [-0.05, 0) is 23.5 Å². The Hall–Kier alpha value is -0.930. The molecule has 0 aliphatic carbocycles. The molecule has 3 heteroatoms. The molecule has 0 saturated carbocycles. The highest BCUT2D eigenvalue weighted by molar-refractivity contribution is 5.14. The lowest BCUT2D eigenvalue weighted by molar-refractivity contribution is 0.209. The predicted molar refractivity (Wildman–Crippen MR) is 91.2 cm³/mol. The van der Waals surface area contributed by atoms with Gasteiger partial charge in [0.05, 0.1) is 5.69 Å². The highest BCUT2D eigenvalue weighted by Gasteiger charge is 2.11. The van der Waals surface area contributed by atoms with Crippen LogP contribution in [0, 0.1) is 11.8 Å². The van der Waals surface area contributed by atoms with E-state index in [1.165, 1.54) is 11.3 Å². The zero-order valence-electron chi connectivity index (χ0n) is 14.7. The van der Waals surface area contributed by atoms with E-state index >= 15 is 0 Å². The number of nitrogens with one attached hydrogen (secondary N) is 1. The Bertz CT molecular complexity index is 372. The molecule has 0 amide bonds. The van der Waals surface area contributed by atoms with Gasteiger partial charge in [-0.3, -0.25) is 9.88 Å². The van der Waals surface area contributed by atoms with E-state index in [9.17, 15) is 0 Å². The third kappa shape index (κ3) is 8.18. The Morgan fingerprint density at radius 2 is 1.62 bits per heavy atom. The second-order valence-corrected chi connectivity index (χ2v) is 7.18. The lowest BCUT2D eigenvalue weighted by atomic mass is 10.1. The van der Waals surface area contributed by atoms with Crippen molar-refractivity contribution in [3.63, 3.8) is 0 Å². The Morgan fingerprint density at radius 3 is 2.05 bits per heavy atom. The Morgan fingerprint density at radius 1 is 1.00 bits per heavy atom. The largest absolute Gasteiger partial charge is 0.310 e. The molecular formula is C18H33N3. The van der Waals surface area contributed by atoms with Crippen LogP contribution in [0.15, 0.2) is 18.3 Å². The van der Waals surface area contributed by atoms with E-state index in [-0.39, 0.29) is 0 Å². The van der Waals surface area contributed by atoms with Crippen LogP contribution in [0.4, 0.5) is 0 Å². The van der Waals surface area contributed by atoms with E-state index in [1.807, 2.05) is 6.20 Å². The first-order chi connectivity index (χ1) is 9.86. The summed E-state index contributed by atoms with van der Waals surface area (Å²) in [6.45, 7) is 17.6. The second kappa shape index (κ2) is 9.16. The molecule has 1 heterocycles. The van der Waals surface area contributed by atoms with Gasteiger partial charge in [-0.25, -0.2) is 0 Å². The lowest BCUT2D eigenvalue weighted by Gasteiger charge is -2.25. The Balaban J connectivity index is 2.58. The molecule has 1 N–H and O–H groups in total. The first-order valence-corrected chi connectivity index (χ1v) is 8.26. The third-order valence-corrected chi connectivity index (χ3v) is 3.23. The highest BCUT2D eigenvalue weighted by Crippen LogP contribution is 2.09. The molecule has 1 rings (SSSR count). The van der Waals surface area contributed by atoms with Crippen molar-refractivity contribution < 1.29 is 0 Å². The number of nitrogens with zero attached hydrogens (tertiary/aromatic N) is 2. The van der Waals surface area contributed by atoms with Gasteiger partial charge in [-0.2, -0.15) is 0 Å². The van der Waals surface area contributed by atoms with Crippen molar-refractivity contribution in [1.29, 1.82) is 0 Å². The molecule has 0 bridgehead atoms. The van der Waals surface area contributed by atoms with E-state index in [4.69, 9.17) is 0 Å². The Kier molecular flexibility index (Phi) is 7.91.